The van der Waals surface area contributed by atoms with E-state index in [1.54, 1.807) is 17.0 Å². The summed E-state index contributed by atoms with van der Waals surface area (Å²) in [5, 5.41) is 9.47. The number of thiocarbonyl (C=S) groups is 1. The molecule has 5 nitrogen and oxygen atoms in total. The third-order valence-corrected chi connectivity index (χ3v) is 6.38. The molecule has 1 aliphatic rings. The van der Waals surface area contributed by atoms with Gasteiger partial charge in [-0.25, -0.2) is 0 Å². The number of rotatable bonds is 8. The molecule has 0 unspecified atom stereocenters. The van der Waals surface area contributed by atoms with Gasteiger partial charge in [0.1, 0.15) is 4.32 Å². The van der Waals surface area contributed by atoms with Gasteiger partial charge in [0.25, 0.3) is 5.91 Å². The van der Waals surface area contributed by atoms with Crippen LogP contribution in [0.5, 0.6) is 0 Å². The first-order valence-electron chi connectivity index (χ1n) is 9.73. The lowest BCUT2D eigenvalue weighted by atomic mass is 10.2. The number of hydrogen-bond donors (Lipinski definition) is 0. The van der Waals surface area contributed by atoms with Crippen LogP contribution in [0.4, 0.5) is 5.69 Å². The quantitative estimate of drug-likeness (QED) is 0.389. The van der Waals surface area contributed by atoms with E-state index in [9.17, 15) is 9.59 Å². The Morgan fingerprint density at radius 1 is 1.19 bits per heavy atom. The highest BCUT2D eigenvalue weighted by molar-refractivity contribution is 8.26. The molecule has 0 radical (unpaired) electrons. The molecule has 0 saturated carbocycles. The number of para-hydroxylation sites is 1. The van der Waals surface area contributed by atoms with Crippen molar-refractivity contribution in [3.63, 3.8) is 0 Å². The molecular weight excluding hydrogens is 450 g/mol. The Morgan fingerprint density at radius 2 is 1.90 bits per heavy atom. The second-order valence-electron chi connectivity index (χ2n) is 6.75. The first kappa shape index (κ1) is 23.0. The maximum absolute atomic E-state index is 12.8. The predicted molar refractivity (Wildman–Crippen MR) is 130 cm³/mol. The molecule has 2 aromatic carbocycles. The standard InChI is InChI=1S/C23H20ClN3O2S2/c24-19-11-5-4-8-17(19)16-20-22(29)27(23(30)31-20)14-6-12-21(28)26(15-7-13-25)18-9-2-1-3-10-18/h1-5,8-11,16H,6-7,12,14-15H2/b20-16+. The smallest absolute Gasteiger partial charge is 0.266 e. The summed E-state index contributed by atoms with van der Waals surface area (Å²) in [6.07, 6.45) is 2.72. The Kier molecular flexibility index (Phi) is 8.24. The number of hydrogen-bond acceptors (Lipinski definition) is 5. The average molecular weight is 470 g/mol. The summed E-state index contributed by atoms with van der Waals surface area (Å²) in [6.45, 7) is 0.693. The summed E-state index contributed by atoms with van der Waals surface area (Å²) < 4.78 is 0.472. The minimum Gasteiger partial charge on any atom is -0.311 e. The molecule has 31 heavy (non-hydrogen) atoms. The van der Waals surface area contributed by atoms with Gasteiger partial charge in [-0.15, -0.1) is 0 Å². The van der Waals surface area contributed by atoms with E-state index in [-0.39, 0.29) is 24.7 Å². The molecule has 2 amide bonds. The van der Waals surface area contributed by atoms with Crippen molar-refractivity contribution in [1.82, 2.24) is 4.90 Å². The lowest BCUT2D eigenvalue weighted by molar-refractivity contribution is -0.123. The van der Waals surface area contributed by atoms with Gasteiger partial charge in [-0.2, -0.15) is 5.26 Å². The molecule has 1 aliphatic heterocycles. The molecule has 3 rings (SSSR count). The van der Waals surface area contributed by atoms with Crippen LogP contribution >= 0.6 is 35.6 Å². The van der Waals surface area contributed by atoms with Gasteiger partial charge in [-0.1, -0.05) is 72.0 Å². The van der Waals surface area contributed by atoms with Crippen molar-refractivity contribution >= 4 is 63.5 Å². The molecule has 1 heterocycles. The number of amides is 2. The van der Waals surface area contributed by atoms with Crippen molar-refractivity contribution in [2.45, 2.75) is 19.3 Å². The Morgan fingerprint density at radius 3 is 2.61 bits per heavy atom. The molecule has 2 aromatic rings. The molecule has 0 aliphatic carbocycles. The van der Waals surface area contributed by atoms with Crippen LogP contribution < -0.4 is 4.90 Å². The van der Waals surface area contributed by atoms with E-state index >= 15 is 0 Å². The van der Waals surface area contributed by atoms with Gasteiger partial charge in [0.2, 0.25) is 5.91 Å². The van der Waals surface area contributed by atoms with Crippen LogP contribution in [0.1, 0.15) is 24.8 Å². The lowest BCUT2D eigenvalue weighted by Gasteiger charge is -2.22. The van der Waals surface area contributed by atoms with E-state index in [0.29, 0.717) is 33.8 Å². The molecule has 0 bridgehead atoms. The van der Waals surface area contributed by atoms with Crippen LogP contribution in [0, 0.1) is 11.3 Å². The van der Waals surface area contributed by atoms with Crippen LogP contribution in [-0.2, 0) is 9.59 Å². The molecule has 0 atom stereocenters. The number of halogens is 1. The minimum atomic E-state index is -0.174. The third-order valence-electron chi connectivity index (χ3n) is 4.65. The molecule has 0 spiro atoms. The Labute approximate surface area is 196 Å². The molecule has 8 heteroatoms. The van der Waals surface area contributed by atoms with Gasteiger partial charge < -0.3 is 4.90 Å². The molecule has 1 saturated heterocycles. The Bertz CT molecular complexity index is 1050. The van der Waals surface area contributed by atoms with Crippen LogP contribution in [0.3, 0.4) is 0 Å². The molecule has 1 fully saturated rings. The van der Waals surface area contributed by atoms with Gasteiger partial charge in [0.05, 0.1) is 17.4 Å². The van der Waals surface area contributed by atoms with E-state index in [2.05, 4.69) is 6.07 Å². The highest BCUT2D eigenvalue weighted by atomic mass is 35.5. The fraction of sp³-hybridized carbons (Fsp3) is 0.217. The largest absolute Gasteiger partial charge is 0.311 e. The van der Waals surface area contributed by atoms with Crippen molar-refractivity contribution in [2.75, 3.05) is 18.0 Å². The average Bonchev–Trinajstić information content (AvgIpc) is 3.03. The number of carbonyl (C=O) groups is 2. The van der Waals surface area contributed by atoms with Crippen molar-refractivity contribution < 1.29 is 9.59 Å². The lowest BCUT2D eigenvalue weighted by Crippen LogP contribution is -2.33. The van der Waals surface area contributed by atoms with Crippen molar-refractivity contribution in [3.8, 4) is 6.07 Å². The zero-order valence-electron chi connectivity index (χ0n) is 16.7. The third kappa shape index (κ3) is 5.95. The van der Waals surface area contributed by atoms with Crippen LogP contribution in [0.2, 0.25) is 5.02 Å². The normalized spacial score (nSPS) is 14.7. The number of nitrogens with zero attached hydrogens (tertiary/aromatic N) is 3. The van der Waals surface area contributed by atoms with Gasteiger partial charge >= 0.3 is 0 Å². The highest BCUT2D eigenvalue weighted by Crippen LogP contribution is 2.34. The summed E-state index contributed by atoms with van der Waals surface area (Å²) in [6, 6.07) is 18.7. The second kappa shape index (κ2) is 11.1. The monoisotopic (exact) mass is 469 g/mol. The van der Waals surface area contributed by atoms with Crippen LogP contribution in [0.15, 0.2) is 59.5 Å². The van der Waals surface area contributed by atoms with Crippen molar-refractivity contribution in [1.29, 1.82) is 5.26 Å². The maximum atomic E-state index is 12.8. The maximum Gasteiger partial charge on any atom is 0.266 e. The predicted octanol–water partition coefficient (Wildman–Crippen LogP) is 5.27. The van der Waals surface area contributed by atoms with Gasteiger partial charge in [0, 0.05) is 30.2 Å². The van der Waals surface area contributed by atoms with Crippen molar-refractivity contribution in [3.05, 3.63) is 70.1 Å². The number of nitriles is 1. The zero-order valence-corrected chi connectivity index (χ0v) is 19.1. The zero-order chi connectivity index (χ0) is 22.2. The first-order valence-corrected chi connectivity index (χ1v) is 11.3. The highest BCUT2D eigenvalue weighted by Gasteiger charge is 2.32. The van der Waals surface area contributed by atoms with Gasteiger partial charge in [-0.3, -0.25) is 14.5 Å². The molecule has 158 valence electrons. The van der Waals surface area contributed by atoms with E-state index in [0.717, 1.165) is 11.3 Å². The van der Waals surface area contributed by atoms with E-state index in [1.807, 2.05) is 48.5 Å². The van der Waals surface area contributed by atoms with Gasteiger partial charge in [-0.05, 0) is 36.3 Å². The first-order chi connectivity index (χ1) is 15.0. The SMILES string of the molecule is N#CCCN(C(=O)CCCN1C(=O)/C(=C\c2ccccc2Cl)SC1=S)c1ccccc1. The molecule has 0 aromatic heterocycles. The summed E-state index contributed by atoms with van der Waals surface area (Å²) in [7, 11) is 0. The van der Waals surface area contributed by atoms with E-state index < -0.39 is 0 Å². The summed E-state index contributed by atoms with van der Waals surface area (Å²) >= 11 is 12.8. The second-order valence-corrected chi connectivity index (χ2v) is 8.83. The summed E-state index contributed by atoms with van der Waals surface area (Å²) in [5.41, 5.74) is 1.52. The van der Waals surface area contributed by atoms with Crippen LogP contribution in [-0.4, -0.2) is 34.1 Å². The van der Waals surface area contributed by atoms with Crippen molar-refractivity contribution in [2.24, 2.45) is 0 Å². The number of benzene rings is 2. The Balaban J connectivity index is 1.61. The van der Waals surface area contributed by atoms with E-state index in [4.69, 9.17) is 29.1 Å². The number of thioether (sulfide) groups is 1. The fourth-order valence-electron chi connectivity index (χ4n) is 3.12. The number of anilines is 1. The number of carbonyl (C=O) groups excluding carboxylic acids is 2. The molecular formula is C23H20ClN3O2S2. The minimum absolute atomic E-state index is 0.0847. The summed E-state index contributed by atoms with van der Waals surface area (Å²) in [5.74, 6) is -0.259. The van der Waals surface area contributed by atoms with E-state index in [1.165, 1.54) is 16.7 Å². The van der Waals surface area contributed by atoms with Gasteiger partial charge in [0.15, 0.2) is 0 Å². The topological polar surface area (TPSA) is 64.4 Å². The Hall–Kier alpha value is -2.66. The fourth-order valence-corrected chi connectivity index (χ4v) is 4.61. The van der Waals surface area contributed by atoms with Crippen LogP contribution in [0.25, 0.3) is 6.08 Å². The summed E-state index contributed by atoms with van der Waals surface area (Å²) in [4.78, 5) is 29.2. The molecule has 0 N–H and O–H groups in total.